The fourth-order valence-corrected chi connectivity index (χ4v) is 4.16. The number of nitrogens with zero attached hydrogens (tertiary/aromatic N) is 3. The van der Waals surface area contributed by atoms with E-state index < -0.39 is 0 Å². The van der Waals surface area contributed by atoms with E-state index in [1.54, 1.807) is 6.20 Å². The fraction of sp³-hybridized carbons (Fsp3) is 0.737. The molecule has 3 rings (SSSR count). The van der Waals surface area contributed by atoms with Gasteiger partial charge in [0, 0.05) is 57.2 Å². The smallest absolute Gasteiger partial charge is 0.240 e. The molecule has 150 valence electrons. The highest BCUT2D eigenvalue weighted by Crippen LogP contribution is 2.26. The summed E-state index contributed by atoms with van der Waals surface area (Å²) in [5, 5.41) is 6.07. The number of likely N-dealkylation sites (tertiary alicyclic amines) is 1. The molecule has 2 N–H and O–H groups in total. The molecule has 0 saturated carbocycles. The fourth-order valence-electron chi connectivity index (χ4n) is 4.16. The molecule has 27 heavy (non-hydrogen) atoms. The van der Waals surface area contributed by atoms with Gasteiger partial charge in [-0.3, -0.25) is 14.5 Å². The molecule has 2 atom stereocenters. The molecule has 0 radical (unpaired) electrons. The predicted octanol–water partition coefficient (Wildman–Crippen LogP) is 0.320. The van der Waals surface area contributed by atoms with Crippen LogP contribution in [0.4, 0.5) is 0 Å². The van der Waals surface area contributed by atoms with Crippen LogP contribution in [0.2, 0.25) is 0 Å². The summed E-state index contributed by atoms with van der Waals surface area (Å²) >= 11 is 0. The molecule has 8 nitrogen and oxygen atoms in total. The molecule has 2 aliphatic rings. The number of hydrogen-bond acceptors (Lipinski definition) is 5. The molecule has 2 aliphatic heterocycles. The van der Waals surface area contributed by atoms with Gasteiger partial charge in [-0.25, -0.2) is 4.98 Å². The standard InChI is InChI=1S/C19H31N5O3/c1-3-17-21-7-8-23(17)13-18(25)22-14-11-16(19(26)20-4-2)24(12-14)15-5-9-27-10-6-15/h7-8,14-16H,3-6,9-13H2,1-2H3,(H,20,26)(H,22,25)/t14-,16-/m0/s1. The van der Waals surface area contributed by atoms with E-state index >= 15 is 0 Å². The van der Waals surface area contributed by atoms with Crippen molar-refractivity contribution in [3.63, 3.8) is 0 Å². The molecular weight excluding hydrogens is 346 g/mol. The quantitative estimate of drug-likeness (QED) is 0.714. The van der Waals surface area contributed by atoms with Crippen LogP contribution in [0.3, 0.4) is 0 Å². The van der Waals surface area contributed by atoms with Crippen molar-refractivity contribution < 1.29 is 14.3 Å². The molecule has 0 unspecified atom stereocenters. The number of likely N-dealkylation sites (N-methyl/N-ethyl adjacent to an activating group) is 1. The number of aryl methyl sites for hydroxylation is 1. The first-order chi connectivity index (χ1) is 13.1. The number of carbonyl (C=O) groups excluding carboxylic acids is 2. The molecule has 0 aliphatic carbocycles. The number of carbonyl (C=O) groups is 2. The highest BCUT2D eigenvalue weighted by Gasteiger charge is 2.41. The van der Waals surface area contributed by atoms with Gasteiger partial charge in [-0.15, -0.1) is 0 Å². The van der Waals surface area contributed by atoms with E-state index in [1.807, 2.05) is 24.6 Å². The van der Waals surface area contributed by atoms with Gasteiger partial charge in [0.1, 0.15) is 12.4 Å². The van der Waals surface area contributed by atoms with Crippen LogP contribution in [-0.4, -0.2) is 70.7 Å². The number of hydrogen-bond donors (Lipinski definition) is 2. The molecule has 0 bridgehead atoms. The molecule has 1 aromatic heterocycles. The Labute approximate surface area is 160 Å². The van der Waals surface area contributed by atoms with Gasteiger partial charge in [0.05, 0.1) is 6.04 Å². The molecule has 0 aromatic carbocycles. The molecule has 0 spiro atoms. The van der Waals surface area contributed by atoms with Gasteiger partial charge in [-0.2, -0.15) is 0 Å². The lowest BCUT2D eigenvalue weighted by molar-refractivity contribution is -0.127. The van der Waals surface area contributed by atoms with E-state index in [0.717, 1.165) is 38.3 Å². The summed E-state index contributed by atoms with van der Waals surface area (Å²) in [6.45, 7) is 7.03. The first kappa shape index (κ1) is 19.8. The van der Waals surface area contributed by atoms with Crippen LogP contribution in [0.5, 0.6) is 0 Å². The molecule has 1 aromatic rings. The lowest BCUT2D eigenvalue weighted by Crippen LogP contribution is -2.49. The van der Waals surface area contributed by atoms with Crippen LogP contribution in [0.15, 0.2) is 12.4 Å². The summed E-state index contributed by atoms with van der Waals surface area (Å²) in [6, 6.07) is 0.146. The number of aromatic nitrogens is 2. The molecule has 8 heteroatoms. The number of rotatable bonds is 7. The van der Waals surface area contributed by atoms with Gasteiger partial charge in [0.2, 0.25) is 11.8 Å². The summed E-state index contributed by atoms with van der Waals surface area (Å²) < 4.78 is 7.35. The SMILES string of the molecule is CCNC(=O)[C@@H]1C[C@H](NC(=O)Cn2ccnc2CC)CN1C1CCOCC1. The van der Waals surface area contributed by atoms with E-state index in [0.29, 0.717) is 25.6 Å². The maximum atomic E-state index is 12.6. The van der Waals surface area contributed by atoms with Gasteiger partial charge >= 0.3 is 0 Å². The van der Waals surface area contributed by atoms with Crippen LogP contribution in [0.1, 0.15) is 38.9 Å². The monoisotopic (exact) mass is 377 g/mol. The highest BCUT2D eigenvalue weighted by molar-refractivity contribution is 5.82. The van der Waals surface area contributed by atoms with Crippen molar-refractivity contribution in [2.75, 3.05) is 26.3 Å². The minimum Gasteiger partial charge on any atom is -0.381 e. The number of amides is 2. The Bertz CT molecular complexity index is 641. The van der Waals surface area contributed by atoms with Crippen molar-refractivity contribution in [2.45, 2.75) is 64.2 Å². The van der Waals surface area contributed by atoms with Gasteiger partial charge in [-0.05, 0) is 26.2 Å². The van der Waals surface area contributed by atoms with E-state index in [4.69, 9.17) is 4.74 Å². The Balaban J connectivity index is 1.61. The van der Waals surface area contributed by atoms with Crippen molar-refractivity contribution in [3.05, 3.63) is 18.2 Å². The maximum Gasteiger partial charge on any atom is 0.240 e. The zero-order chi connectivity index (χ0) is 19.2. The van der Waals surface area contributed by atoms with Crippen LogP contribution in [0, 0.1) is 0 Å². The van der Waals surface area contributed by atoms with Gasteiger partial charge < -0.3 is 19.9 Å². The number of ether oxygens (including phenoxy) is 1. The van der Waals surface area contributed by atoms with Gasteiger partial charge in [0.25, 0.3) is 0 Å². The van der Waals surface area contributed by atoms with Crippen molar-refractivity contribution in [2.24, 2.45) is 0 Å². The molecule has 3 heterocycles. The minimum atomic E-state index is -0.183. The minimum absolute atomic E-state index is 0.0125. The van der Waals surface area contributed by atoms with Crippen molar-refractivity contribution in [1.82, 2.24) is 25.1 Å². The van der Waals surface area contributed by atoms with Crippen molar-refractivity contribution >= 4 is 11.8 Å². The number of nitrogens with one attached hydrogen (secondary N) is 2. The molecular formula is C19H31N5O3. The second-order valence-corrected chi connectivity index (χ2v) is 7.28. The average molecular weight is 377 g/mol. The second kappa shape index (κ2) is 9.32. The highest BCUT2D eigenvalue weighted by atomic mass is 16.5. The van der Waals surface area contributed by atoms with Crippen LogP contribution < -0.4 is 10.6 Å². The van der Waals surface area contributed by atoms with Crippen molar-refractivity contribution in [3.8, 4) is 0 Å². The lowest BCUT2D eigenvalue weighted by atomic mass is 10.1. The Kier molecular flexibility index (Phi) is 6.84. The topological polar surface area (TPSA) is 88.5 Å². The predicted molar refractivity (Wildman–Crippen MR) is 101 cm³/mol. The average Bonchev–Trinajstić information content (AvgIpc) is 3.29. The van der Waals surface area contributed by atoms with Crippen LogP contribution in [0.25, 0.3) is 0 Å². The van der Waals surface area contributed by atoms with E-state index in [9.17, 15) is 9.59 Å². The maximum absolute atomic E-state index is 12.6. The Morgan fingerprint density at radius 1 is 1.30 bits per heavy atom. The molecule has 2 amide bonds. The Hall–Kier alpha value is -1.93. The summed E-state index contributed by atoms with van der Waals surface area (Å²) in [6.07, 6.45) is 6.87. The van der Waals surface area contributed by atoms with E-state index in [1.165, 1.54) is 0 Å². The Morgan fingerprint density at radius 2 is 2.07 bits per heavy atom. The van der Waals surface area contributed by atoms with Crippen LogP contribution in [-0.2, 0) is 27.3 Å². The summed E-state index contributed by atoms with van der Waals surface area (Å²) in [7, 11) is 0. The van der Waals surface area contributed by atoms with E-state index in [-0.39, 0.29) is 30.4 Å². The number of imidazole rings is 1. The third kappa shape index (κ3) is 4.87. The molecule has 2 fully saturated rings. The Morgan fingerprint density at radius 3 is 2.78 bits per heavy atom. The van der Waals surface area contributed by atoms with Gasteiger partial charge in [-0.1, -0.05) is 6.92 Å². The molecule has 2 saturated heterocycles. The normalized spacial score (nSPS) is 24.1. The second-order valence-electron chi connectivity index (χ2n) is 7.28. The third-order valence-electron chi connectivity index (χ3n) is 5.45. The van der Waals surface area contributed by atoms with Crippen molar-refractivity contribution in [1.29, 1.82) is 0 Å². The third-order valence-corrected chi connectivity index (χ3v) is 5.45. The summed E-state index contributed by atoms with van der Waals surface area (Å²) in [5.41, 5.74) is 0. The zero-order valence-electron chi connectivity index (χ0n) is 16.3. The van der Waals surface area contributed by atoms with Crippen LogP contribution >= 0.6 is 0 Å². The largest absolute Gasteiger partial charge is 0.381 e. The first-order valence-corrected chi connectivity index (χ1v) is 10.0. The summed E-state index contributed by atoms with van der Waals surface area (Å²) in [4.78, 5) is 31.6. The van der Waals surface area contributed by atoms with E-state index in [2.05, 4.69) is 20.5 Å². The first-order valence-electron chi connectivity index (χ1n) is 10.0. The van der Waals surface area contributed by atoms with Gasteiger partial charge in [0.15, 0.2) is 0 Å². The summed E-state index contributed by atoms with van der Waals surface area (Å²) in [5.74, 6) is 0.931. The lowest BCUT2D eigenvalue weighted by Gasteiger charge is -2.34. The zero-order valence-corrected chi connectivity index (χ0v) is 16.3.